The van der Waals surface area contributed by atoms with Gasteiger partial charge < -0.3 is 15.5 Å². The van der Waals surface area contributed by atoms with E-state index in [0.29, 0.717) is 58.9 Å². The number of hydrogen-bond acceptors (Lipinski definition) is 3. The smallest absolute Gasteiger partial charge is 0.315 e. The molecule has 0 atom stereocenters. The molecule has 2 aromatic carbocycles. The number of benzene rings is 2. The van der Waals surface area contributed by atoms with Crippen LogP contribution in [0.3, 0.4) is 0 Å². The van der Waals surface area contributed by atoms with Gasteiger partial charge in [-0.25, -0.2) is 9.48 Å². The molecule has 0 unspecified atom stereocenters. The Bertz CT molecular complexity index is 1270. The summed E-state index contributed by atoms with van der Waals surface area (Å²) in [5.41, 5.74) is 3.34. The number of hydrogen-bond donors (Lipinski definition) is 2. The summed E-state index contributed by atoms with van der Waals surface area (Å²) in [6.07, 6.45) is 3.34. The fourth-order valence-corrected chi connectivity index (χ4v) is 5.08. The van der Waals surface area contributed by atoms with E-state index in [2.05, 4.69) is 17.6 Å². The minimum absolute atomic E-state index is 0.0295. The van der Waals surface area contributed by atoms with Crippen LogP contribution in [0, 0.1) is 6.92 Å². The van der Waals surface area contributed by atoms with Crippen LogP contribution < -0.4 is 10.6 Å². The molecule has 1 aliphatic rings. The highest BCUT2D eigenvalue weighted by molar-refractivity contribution is 6.35. The van der Waals surface area contributed by atoms with Crippen molar-refractivity contribution in [2.75, 3.05) is 19.6 Å². The highest BCUT2D eigenvalue weighted by atomic mass is 35.5. The molecule has 2 N–H and O–H groups in total. The van der Waals surface area contributed by atoms with Gasteiger partial charge in [-0.3, -0.25) is 4.79 Å². The zero-order valence-electron chi connectivity index (χ0n) is 20.9. The fourth-order valence-electron chi connectivity index (χ4n) is 4.46. The van der Waals surface area contributed by atoms with E-state index in [1.165, 1.54) is 0 Å². The lowest BCUT2D eigenvalue weighted by molar-refractivity contribution is 0.0701. The molecule has 196 valence electrons. The van der Waals surface area contributed by atoms with Crippen molar-refractivity contribution < 1.29 is 9.59 Å². The maximum absolute atomic E-state index is 13.6. The van der Waals surface area contributed by atoms with Crippen LogP contribution in [-0.4, -0.2) is 52.3 Å². The highest BCUT2D eigenvalue weighted by Crippen LogP contribution is 2.33. The summed E-state index contributed by atoms with van der Waals surface area (Å²) in [6.45, 7) is 5.69. The second kappa shape index (κ2) is 12.2. The van der Waals surface area contributed by atoms with Gasteiger partial charge in [-0.2, -0.15) is 5.10 Å². The normalized spacial score (nSPS) is 14.0. The van der Waals surface area contributed by atoms with Crippen LogP contribution in [0.15, 0.2) is 42.5 Å². The molecule has 0 aliphatic carbocycles. The first-order valence-electron chi connectivity index (χ1n) is 12.4. The molecule has 1 aromatic heterocycles. The summed E-state index contributed by atoms with van der Waals surface area (Å²) in [5.74, 6) is -0.151. The number of carbonyl (C=O) groups excluding carboxylic acids is 2. The van der Waals surface area contributed by atoms with Gasteiger partial charge in [0.15, 0.2) is 5.69 Å². The number of rotatable bonds is 7. The standard InChI is InChI=1S/C27H30Cl3N5O2/c1-3-4-13-31-27(37)32-21-11-14-34(15-12-21)26(36)24-17(2)25(18-5-7-19(28)8-6-18)35(33-24)23-10-9-20(29)16-22(23)30/h5-10,16,21H,3-4,11-15H2,1-2H3,(H2,31,32,37). The summed E-state index contributed by atoms with van der Waals surface area (Å²) >= 11 is 18.8. The first-order valence-corrected chi connectivity index (χ1v) is 13.6. The molecule has 10 heteroatoms. The second-order valence-electron chi connectivity index (χ2n) is 9.16. The van der Waals surface area contributed by atoms with Crippen molar-refractivity contribution in [2.24, 2.45) is 0 Å². The van der Waals surface area contributed by atoms with Crippen molar-refractivity contribution in [2.45, 2.75) is 45.6 Å². The van der Waals surface area contributed by atoms with E-state index in [1.54, 1.807) is 39.9 Å². The molecule has 1 saturated heterocycles. The van der Waals surface area contributed by atoms with Gasteiger partial charge in [0, 0.05) is 46.8 Å². The summed E-state index contributed by atoms with van der Waals surface area (Å²) in [6, 6.07) is 12.4. The molecular formula is C27H30Cl3N5O2. The number of aromatic nitrogens is 2. The van der Waals surface area contributed by atoms with Crippen molar-refractivity contribution >= 4 is 46.7 Å². The van der Waals surface area contributed by atoms with Gasteiger partial charge in [-0.1, -0.05) is 60.3 Å². The molecule has 3 aromatic rings. The number of carbonyl (C=O) groups is 2. The SMILES string of the molecule is CCCCNC(=O)NC1CCN(C(=O)c2nn(-c3ccc(Cl)cc3Cl)c(-c3ccc(Cl)cc3)c2C)CC1. The van der Waals surface area contributed by atoms with Crippen molar-refractivity contribution in [1.29, 1.82) is 0 Å². The molecule has 0 radical (unpaired) electrons. The van der Waals surface area contributed by atoms with E-state index in [4.69, 9.17) is 39.9 Å². The number of urea groups is 1. The van der Waals surface area contributed by atoms with Gasteiger partial charge in [0.25, 0.3) is 5.91 Å². The van der Waals surface area contributed by atoms with E-state index in [9.17, 15) is 9.59 Å². The van der Waals surface area contributed by atoms with Gasteiger partial charge in [0.05, 0.1) is 16.4 Å². The molecule has 0 bridgehead atoms. The average molecular weight is 563 g/mol. The van der Waals surface area contributed by atoms with E-state index >= 15 is 0 Å². The minimum Gasteiger partial charge on any atom is -0.338 e. The van der Waals surface area contributed by atoms with E-state index in [1.807, 2.05) is 19.1 Å². The number of nitrogens with one attached hydrogen (secondary N) is 2. The molecular weight excluding hydrogens is 533 g/mol. The molecule has 1 fully saturated rings. The van der Waals surface area contributed by atoms with Gasteiger partial charge in [-0.05, 0) is 56.5 Å². The van der Waals surface area contributed by atoms with E-state index in [0.717, 1.165) is 29.7 Å². The molecule has 0 spiro atoms. The Morgan fingerprint density at radius 3 is 2.35 bits per heavy atom. The quantitative estimate of drug-likeness (QED) is 0.322. The molecule has 37 heavy (non-hydrogen) atoms. The van der Waals surface area contributed by atoms with Crippen molar-refractivity contribution in [3.63, 3.8) is 0 Å². The topological polar surface area (TPSA) is 79.3 Å². The Labute approximate surface area is 232 Å². The average Bonchev–Trinajstić information content (AvgIpc) is 3.21. The van der Waals surface area contributed by atoms with Crippen LogP contribution in [0.2, 0.25) is 15.1 Å². The fraction of sp³-hybridized carbons (Fsp3) is 0.370. The Balaban J connectivity index is 1.57. The van der Waals surface area contributed by atoms with Crippen LogP contribution in [0.1, 0.15) is 48.7 Å². The van der Waals surface area contributed by atoms with Gasteiger partial charge in [0.2, 0.25) is 0 Å². The third-order valence-electron chi connectivity index (χ3n) is 6.51. The summed E-state index contributed by atoms with van der Waals surface area (Å²) in [7, 11) is 0. The van der Waals surface area contributed by atoms with Crippen LogP contribution in [-0.2, 0) is 0 Å². The zero-order valence-corrected chi connectivity index (χ0v) is 23.1. The third kappa shape index (κ3) is 6.40. The van der Waals surface area contributed by atoms with Crippen LogP contribution >= 0.6 is 34.8 Å². The van der Waals surface area contributed by atoms with Gasteiger partial charge in [0.1, 0.15) is 0 Å². The largest absolute Gasteiger partial charge is 0.338 e. The first-order chi connectivity index (χ1) is 17.8. The highest BCUT2D eigenvalue weighted by Gasteiger charge is 2.29. The maximum Gasteiger partial charge on any atom is 0.315 e. The monoisotopic (exact) mass is 561 g/mol. The van der Waals surface area contributed by atoms with Crippen molar-refractivity contribution in [3.05, 3.63) is 68.8 Å². The first kappa shape index (κ1) is 27.3. The Hall–Kier alpha value is -2.74. The van der Waals surface area contributed by atoms with Gasteiger partial charge in [-0.15, -0.1) is 0 Å². The number of piperidine rings is 1. The van der Waals surface area contributed by atoms with Crippen LogP contribution in [0.5, 0.6) is 0 Å². The van der Waals surface area contributed by atoms with Gasteiger partial charge >= 0.3 is 6.03 Å². The molecule has 7 nitrogen and oxygen atoms in total. The maximum atomic E-state index is 13.6. The van der Waals surface area contributed by atoms with Crippen LogP contribution in [0.4, 0.5) is 4.79 Å². The van der Waals surface area contributed by atoms with E-state index in [-0.39, 0.29) is 18.0 Å². The lowest BCUT2D eigenvalue weighted by Crippen LogP contribution is -2.49. The number of likely N-dealkylation sites (tertiary alicyclic amines) is 1. The van der Waals surface area contributed by atoms with E-state index < -0.39 is 0 Å². The summed E-state index contributed by atoms with van der Waals surface area (Å²) in [4.78, 5) is 27.5. The molecule has 4 rings (SSSR count). The lowest BCUT2D eigenvalue weighted by atomic mass is 10.0. The summed E-state index contributed by atoms with van der Waals surface area (Å²) < 4.78 is 1.69. The molecule has 2 heterocycles. The second-order valence-corrected chi connectivity index (χ2v) is 10.4. The minimum atomic E-state index is -0.153. The number of amides is 3. The Morgan fingerprint density at radius 1 is 1.03 bits per heavy atom. The van der Waals surface area contributed by atoms with Crippen molar-refractivity contribution in [3.8, 4) is 16.9 Å². The number of halogens is 3. The number of nitrogens with zero attached hydrogens (tertiary/aromatic N) is 3. The number of unbranched alkanes of at least 4 members (excludes halogenated alkanes) is 1. The van der Waals surface area contributed by atoms with Crippen molar-refractivity contribution in [1.82, 2.24) is 25.3 Å². The predicted molar refractivity (Wildman–Crippen MR) is 149 cm³/mol. The lowest BCUT2D eigenvalue weighted by Gasteiger charge is -2.32. The Morgan fingerprint density at radius 2 is 1.70 bits per heavy atom. The predicted octanol–water partition coefficient (Wildman–Crippen LogP) is 6.51. The molecule has 0 saturated carbocycles. The third-order valence-corrected chi connectivity index (χ3v) is 7.30. The van der Waals surface area contributed by atoms with Crippen LogP contribution in [0.25, 0.3) is 16.9 Å². The summed E-state index contributed by atoms with van der Waals surface area (Å²) in [5, 5.41) is 12.2. The Kier molecular flexibility index (Phi) is 9.00. The zero-order chi connectivity index (χ0) is 26.5. The molecule has 3 amide bonds. The molecule has 1 aliphatic heterocycles.